The first kappa shape index (κ1) is 18.6. The molecular weight excluding hydrogens is 320 g/mol. The predicted octanol–water partition coefficient (Wildman–Crippen LogP) is 1.98. The van der Waals surface area contributed by atoms with Crippen molar-refractivity contribution in [2.75, 3.05) is 33.2 Å². The monoisotopic (exact) mass is 345 g/mol. The fourth-order valence-electron chi connectivity index (χ4n) is 2.55. The second-order valence-corrected chi connectivity index (χ2v) is 5.62. The zero-order chi connectivity index (χ0) is 18.2. The summed E-state index contributed by atoms with van der Waals surface area (Å²) < 4.78 is 15.8. The Morgan fingerprint density at radius 2 is 1.68 bits per heavy atom. The highest BCUT2D eigenvalue weighted by Gasteiger charge is 2.15. The van der Waals surface area contributed by atoms with Crippen LogP contribution in [0.1, 0.15) is 18.5 Å². The van der Waals surface area contributed by atoms with E-state index >= 15 is 0 Å². The standard InChI is InChI=1S/C19H24N2O4/c1-13(17-7-5-6-8-18(17)25-4)20-12-19(22)21-14-9-15(23-2)11-16(10-14)24-3/h5-11,13,20H,12H2,1-4H3,(H,21,22)/p+1/t13-/m0/s1. The van der Waals surface area contributed by atoms with E-state index in [9.17, 15) is 4.79 Å². The summed E-state index contributed by atoms with van der Waals surface area (Å²) in [5, 5.41) is 4.83. The van der Waals surface area contributed by atoms with E-state index < -0.39 is 0 Å². The molecule has 2 aromatic carbocycles. The summed E-state index contributed by atoms with van der Waals surface area (Å²) in [4.78, 5) is 12.2. The molecule has 1 atom stereocenters. The molecule has 1 amide bonds. The van der Waals surface area contributed by atoms with Crippen molar-refractivity contribution in [1.82, 2.24) is 0 Å². The van der Waals surface area contributed by atoms with Gasteiger partial charge >= 0.3 is 0 Å². The molecule has 6 nitrogen and oxygen atoms in total. The SMILES string of the molecule is COc1cc(NC(=O)C[NH2+][C@@H](C)c2ccccc2OC)cc(OC)c1. The lowest BCUT2D eigenvalue weighted by Crippen LogP contribution is -2.86. The van der Waals surface area contributed by atoms with Crippen LogP contribution < -0.4 is 24.8 Å². The molecule has 2 rings (SSSR count). The quantitative estimate of drug-likeness (QED) is 0.767. The van der Waals surface area contributed by atoms with Gasteiger partial charge in [0, 0.05) is 23.9 Å². The second kappa shape index (κ2) is 8.94. The second-order valence-electron chi connectivity index (χ2n) is 5.62. The van der Waals surface area contributed by atoms with Crippen molar-refractivity contribution in [3.63, 3.8) is 0 Å². The summed E-state index contributed by atoms with van der Waals surface area (Å²) in [5.41, 5.74) is 1.69. The smallest absolute Gasteiger partial charge is 0.279 e. The lowest BCUT2D eigenvalue weighted by Gasteiger charge is -2.14. The van der Waals surface area contributed by atoms with Crippen LogP contribution in [0.4, 0.5) is 5.69 Å². The number of nitrogens with one attached hydrogen (secondary N) is 1. The van der Waals surface area contributed by atoms with Gasteiger partial charge in [0.15, 0.2) is 6.54 Å². The molecule has 0 unspecified atom stereocenters. The van der Waals surface area contributed by atoms with Gasteiger partial charge in [0.05, 0.1) is 26.9 Å². The summed E-state index contributed by atoms with van der Waals surface area (Å²) in [5.74, 6) is 1.98. The Labute approximate surface area is 148 Å². The number of quaternary nitrogens is 1. The van der Waals surface area contributed by atoms with Gasteiger partial charge in [-0.2, -0.15) is 0 Å². The number of carbonyl (C=O) groups excluding carboxylic acids is 1. The Morgan fingerprint density at radius 3 is 2.28 bits per heavy atom. The molecule has 0 saturated heterocycles. The maximum atomic E-state index is 12.2. The van der Waals surface area contributed by atoms with Gasteiger partial charge in [0.1, 0.15) is 23.3 Å². The Hall–Kier alpha value is -2.73. The van der Waals surface area contributed by atoms with Crippen molar-refractivity contribution >= 4 is 11.6 Å². The highest BCUT2D eigenvalue weighted by molar-refractivity contribution is 5.91. The first-order chi connectivity index (χ1) is 12.1. The van der Waals surface area contributed by atoms with Crippen molar-refractivity contribution < 1.29 is 24.3 Å². The van der Waals surface area contributed by atoms with E-state index in [1.54, 1.807) is 39.5 Å². The Kier molecular flexibility index (Phi) is 6.65. The molecule has 25 heavy (non-hydrogen) atoms. The van der Waals surface area contributed by atoms with Crippen LogP contribution in [-0.4, -0.2) is 33.8 Å². The van der Waals surface area contributed by atoms with Gasteiger partial charge in [0.25, 0.3) is 5.91 Å². The van der Waals surface area contributed by atoms with Crippen LogP contribution in [0.15, 0.2) is 42.5 Å². The molecule has 2 aromatic rings. The van der Waals surface area contributed by atoms with Crippen molar-refractivity contribution in [2.45, 2.75) is 13.0 Å². The summed E-state index contributed by atoms with van der Waals surface area (Å²) in [6.45, 7) is 2.33. The number of amides is 1. The summed E-state index contributed by atoms with van der Waals surface area (Å²) in [6, 6.07) is 13.2. The number of benzene rings is 2. The average Bonchev–Trinajstić information content (AvgIpc) is 2.65. The zero-order valence-electron chi connectivity index (χ0n) is 15.0. The first-order valence-electron chi connectivity index (χ1n) is 8.06. The lowest BCUT2D eigenvalue weighted by atomic mass is 10.1. The van der Waals surface area contributed by atoms with Crippen LogP contribution >= 0.6 is 0 Å². The first-order valence-corrected chi connectivity index (χ1v) is 8.06. The third kappa shape index (κ3) is 5.12. The van der Waals surface area contributed by atoms with Crippen LogP contribution in [0.2, 0.25) is 0 Å². The van der Waals surface area contributed by atoms with E-state index in [-0.39, 0.29) is 11.9 Å². The van der Waals surface area contributed by atoms with E-state index in [0.717, 1.165) is 11.3 Å². The van der Waals surface area contributed by atoms with Crippen LogP contribution in [0.3, 0.4) is 0 Å². The fraction of sp³-hybridized carbons (Fsp3) is 0.316. The maximum absolute atomic E-state index is 12.2. The van der Waals surface area contributed by atoms with Gasteiger partial charge in [-0.1, -0.05) is 12.1 Å². The van der Waals surface area contributed by atoms with Crippen molar-refractivity contribution in [3.8, 4) is 17.2 Å². The molecule has 0 radical (unpaired) electrons. The fourth-order valence-corrected chi connectivity index (χ4v) is 2.55. The normalized spacial score (nSPS) is 11.5. The van der Waals surface area contributed by atoms with E-state index in [4.69, 9.17) is 14.2 Å². The number of hydrogen-bond donors (Lipinski definition) is 2. The Balaban J connectivity index is 1.96. The third-order valence-electron chi connectivity index (χ3n) is 3.92. The van der Waals surface area contributed by atoms with Crippen molar-refractivity contribution in [2.24, 2.45) is 0 Å². The van der Waals surface area contributed by atoms with Gasteiger partial charge in [-0.15, -0.1) is 0 Å². The van der Waals surface area contributed by atoms with Gasteiger partial charge in [-0.05, 0) is 19.1 Å². The molecule has 3 N–H and O–H groups in total. The Morgan fingerprint density at radius 1 is 1.04 bits per heavy atom. The van der Waals surface area contributed by atoms with Gasteiger partial charge in [-0.3, -0.25) is 4.79 Å². The number of para-hydroxylation sites is 1. The number of carbonyl (C=O) groups is 1. The third-order valence-corrected chi connectivity index (χ3v) is 3.92. The van der Waals surface area contributed by atoms with Gasteiger partial charge < -0.3 is 24.8 Å². The number of hydrogen-bond acceptors (Lipinski definition) is 4. The predicted molar refractivity (Wildman–Crippen MR) is 96.4 cm³/mol. The molecule has 0 aliphatic carbocycles. The molecule has 0 heterocycles. The molecular formula is C19H25N2O4+. The minimum Gasteiger partial charge on any atom is -0.497 e. The Bertz CT molecular complexity index is 696. The number of rotatable bonds is 8. The number of methoxy groups -OCH3 is 3. The minimum absolute atomic E-state index is 0.0988. The van der Waals surface area contributed by atoms with Crippen LogP contribution in [0.5, 0.6) is 17.2 Å². The number of nitrogens with two attached hydrogens (primary N) is 1. The number of anilines is 1. The van der Waals surface area contributed by atoms with Crippen molar-refractivity contribution in [1.29, 1.82) is 0 Å². The molecule has 0 bridgehead atoms. The molecule has 0 saturated carbocycles. The van der Waals surface area contributed by atoms with Gasteiger partial charge in [0.2, 0.25) is 0 Å². The topological polar surface area (TPSA) is 73.4 Å². The van der Waals surface area contributed by atoms with E-state index in [0.29, 0.717) is 23.7 Å². The summed E-state index contributed by atoms with van der Waals surface area (Å²) in [6.07, 6.45) is 0. The largest absolute Gasteiger partial charge is 0.497 e. The van der Waals surface area contributed by atoms with Crippen LogP contribution in [0.25, 0.3) is 0 Å². The molecule has 0 spiro atoms. The number of ether oxygens (including phenoxy) is 3. The van der Waals surface area contributed by atoms with Crippen molar-refractivity contribution in [3.05, 3.63) is 48.0 Å². The zero-order valence-corrected chi connectivity index (χ0v) is 15.0. The molecule has 0 aliphatic rings. The molecule has 0 aliphatic heterocycles. The molecule has 6 heteroatoms. The van der Waals surface area contributed by atoms with Gasteiger partial charge in [-0.25, -0.2) is 0 Å². The molecule has 134 valence electrons. The van der Waals surface area contributed by atoms with E-state index in [1.807, 2.05) is 36.5 Å². The van der Waals surface area contributed by atoms with Crippen LogP contribution in [-0.2, 0) is 4.79 Å². The highest BCUT2D eigenvalue weighted by atomic mass is 16.5. The maximum Gasteiger partial charge on any atom is 0.279 e. The highest BCUT2D eigenvalue weighted by Crippen LogP contribution is 2.25. The minimum atomic E-state index is -0.0999. The van der Waals surface area contributed by atoms with E-state index in [2.05, 4.69) is 5.32 Å². The van der Waals surface area contributed by atoms with E-state index in [1.165, 1.54) is 0 Å². The summed E-state index contributed by atoms with van der Waals surface area (Å²) >= 11 is 0. The molecule has 0 fully saturated rings. The molecule has 0 aromatic heterocycles. The lowest BCUT2D eigenvalue weighted by molar-refractivity contribution is -0.682. The summed E-state index contributed by atoms with van der Waals surface area (Å²) in [7, 11) is 4.79. The van der Waals surface area contributed by atoms with Crippen LogP contribution in [0, 0.1) is 0 Å². The average molecular weight is 345 g/mol.